The second kappa shape index (κ2) is 8.95. The number of anilines is 2. The molecule has 208 valence electrons. The van der Waals surface area contributed by atoms with Gasteiger partial charge in [0.1, 0.15) is 0 Å². The summed E-state index contributed by atoms with van der Waals surface area (Å²) in [6.07, 6.45) is 5.06. The predicted molar refractivity (Wildman–Crippen MR) is 178 cm³/mol. The summed E-state index contributed by atoms with van der Waals surface area (Å²) in [4.78, 5) is 2.65. The zero-order chi connectivity index (χ0) is 28.7. The van der Waals surface area contributed by atoms with Gasteiger partial charge in [-0.3, -0.25) is 0 Å². The third-order valence-corrected chi connectivity index (χ3v) is 11.3. The molecule has 0 spiro atoms. The van der Waals surface area contributed by atoms with Crippen LogP contribution >= 0.6 is 0 Å². The van der Waals surface area contributed by atoms with E-state index in [9.17, 15) is 0 Å². The van der Waals surface area contributed by atoms with Crippen LogP contribution in [-0.4, -0.2) is 5.54 Å². The normalized spacial score (nSPS) is 23.2. The molecule has 1 fully saturated rings. The van der Waals surface area contributed by atoms with Gasteiger partial charge in [0.2, 0.25) is 0 Å². The lowest BCUT2D eigenvalue weighted by Crippen LogP contribution is -2.54. The third-order valence-electron chi connectivity index (χ3n) is 11.3. The number of nitrogens with zero attached hydrogens (tertiary/aromatic N) is 1. The van der Waals surface area contributed by atoms with Crippen LogP contribution in [0.5, 0.6) is 0 Å². The third kappa shape index (κ3) is 3.43. The molecule has 8 rings (SSSR count). The van der Waals surface area contributed by atoms with Crippen LogP contribution < -0.4 is 4.90 Å². The summed E-state index contributed by atoms with van der Waals surface area (Å²) >= 11 is 0. The van der Waals surface area contributed by atoms with Gasteiger partial charge in [-0.2, -0.15) is 0 Å². The summed E-state index contributed by atoms with van der Waals surface area (Å²) < 4.78 is 0. The summed E-state index contributed by atoms with van der Waals surface area (Å²) in [5, 5.41) is 0. The van der Waals surface area contributed by atoms with E-state index >= 15 is 0 Å². The Morgan fingerprint density at radius 1 is 0.500 bits per heavy atom. The summed E-state index contributed by atoms with van der Waals surface area (Å²) in [5.41, 5.74) is 15.2. The molecule has 1 saturated carbocycles. The Morgan fingerprint density at radius 2 is 1.07 bits per heavy atom. The fraction of sp³-hybridized carbons (Fsp3) is 0.268. The lowest BCUT2D eigenvalue weighted by atomic mass is 9.61. The molecule has 0 saturated heterocycles. The van der Waals surface area contributed by atoms with E-state index in [-0.39, 0.29) is 16.4 Å². The molecule has 3 aliphatic rings. The van der Waals surface area contributed by atoms with Gasteiger partial charge in [0.25, 0.3) is 0 Å². The molecule has 0 amide bonds. The molecule has 2 atom stereocenters. The van der Waals surface area contributed by atoms with Crippen LogP contribution in [0.3, 0.4) is 0 Å². The lowest BCUT2D eigenvalue weighted by Gasteiger charge is -2.50. The highest BCUT2D eigenvalue weighted by molar-refractivity contribution is 5.84. The standard InChI is InChI=1S/C41H39N/c1-39(2)35-15-9-8-14-33(35)34-22-20-30(26-36(34)39)28-16-18-29(19-17-28)31-21-23-38-37(27-31)40(3)24-10-11-25-41(40,4)42(38)32-12-6-5-7-13-32/h5-9,12-23,26-27H,10-11,24-25H2,1-4H3. The minimum Gasteiger partial charge on any atom is -0.334 e. The van der Waals surface area contributed by atoms with Gasteiger partial charge in [0.05, 0.1) is 5.54 Å². The van der Waals surface area contributed by atoms with Crippen molar-refractivity contribution in [3.63, 3.8) is 0 Å². The first-order valence-corrected chi connectivity index (χ1v) is 15.7. The van der Waals surface area contributed by atoms with E-state index in [1.54, 1.807) is 0 Å². The fourth-order valence-electron chi connectivity index (χ4n) is 8.63. The second-order valence-corrected chi connectivity index (χ2v) is 13.7. The maximum absolute atomic E-state index is 2.65. The summed E-state index contributed by atoms with van der Waals surface area (Å²) in [6.45, 7) is 9.74. The largest absolute Gasteiger partial charge is 0.334 e. The maximum atomic E-state index is 2.65. The SMILES string of the molecule is CC1(C)c2ccccc2-c2ccc(-c3ccc(-c4ccc5c(c4)C4(C)CCCCC4(C)N5c4ccccc4)cc3)cc21. The van der Waals surface area contributed by atoms with Gasteiger partial charge >= 0.3 is 0 Å². The van der Waals surface area contributed by atoms with Crippen molar-refractivity contribution in [2.24, 2.45) is 0 Å². The first-order chi connectivity index (χ1) is 20.3. The number of fused-ring (bicyclic) bond motifs is 6. The molecule has 2 aliphatic carbocycles. The average Bonchev–Trinajstić information content (AvgIpc) is 3.38. The molecule has 0 N–H and O–H groups in total. The van der Waals surface area contributed by atoms with E-state index < -0.39 is 0 Å². The van der Waals surface area contributed by atoms with Gasteiger partial charge in [-0.1, -0.05) is 119 Å². The first kappa shape index (κ1) is 25.6. The zero-order valence-electron chi connectivity index (χ0n) is 25.2. The summed E-state index contributed by atoms with van der Waals surface area (Å²) in [5.74, 6) is 0. The van der Waals surface area contributed by atoms with Crippen LogP contribution in [0.15, 0.2) is 115 Å². The van der Waals surface area contributed by atoms with Gasteiger partial charge in [0.15, 0.2) is 0 Å². The molecular weight excluding hydrogens is 506 g/mol. The molecular formula is C41H39N. The van der Waals surface area contributed by atoms with Gasteiger partial charge in [-0.05, 0) is 100 Å². The number of rotatable bonds is 3. The minimum absolute atomic E-state index is 0.0175. The Balaban J connectivity index is 1.16. The first-order valence-electron chi connectivity index (χ1n) is 15.7. The van der Waals surface area contributed by atoms with E-state index in [2.05, 4.69) is 148 Å². The van der Waals surface area contributed by atoms with Gasteiger partial charge in [-0.15, -0.1) is 0 Å². The van der Waals surface area contributed by atoms with Crippen LogP contribution in [0, 0.1) is 0 Å². The topological polar surface area (TPSA) is 3.24 Å². The monoisotopic (exact) mass is 545 g/mol. The lowest BCUT2D eigenvalue weighted by molar-refractivity contribution is 0.195. The Kier molecular flexibility index (Phi) is 5.45. The molecule has 2 unspecified atom stereocenters. The minimum atomic E-state index is 0.0175. The van der Waals surface area contributed by atoms with E-state index in [0.29, 0.717) is 0 Å². The van der Waals surface area contributed by atoms with Crippen LogP contribution in [0.25, 0.3) is 33.4 Å². The highest BCUT2D eigenvalue weighted by Gasteiger charge is 2.57. The molecule has 5 aromatic carbocycles. The summed E-state index contributed by atoms with van der Waals surface area (Å²) in [6, 6.07) is 43.4. The molecule has 1 heterocycles. The Labute approximate surface area is 250 Å². The van der Waals surface area contributed by atoms with E-state index in [4.69, 9.17) is 0 Å². The highest BCUT2D eigenvalue weighted by atomic mass is 15.2. The number of para-hydroxylation sites is 1. The van der Waals surface area contributed by atoms with Crippen molar-refractivity contribution in [1.82, 2.24) is 0 Å². The van der Waals surface area contributed by atoms with E-state index in [1.807, 2.05) is 0 Å². The van der Waals surface area contributed by atoms with Crippen molar-refractivity contribution in [3.8, 4) is 33.4 Å². The van der Waals surface area contributed by atoms with Crippen LogP contribution in [0.4, 0.5) is 11.4 Å². The molecule has 0 aromatic heterocycles. The number of hydrogen-bond donors (Lipinski definition) is 0. The second-order valence-electron chi connectivity index (χ2n) is 13.7. The number of benzene rings is 5. The van der Waals surface area contributed by atoms with E-state index in [1.165, 1.54) is 87.1 Å². The van der Waals surface area contributed by atoms with Gasteiger partial charge in [-0.25, -0.2) is 0 Å². The van der Waals surface area contributed by atoms with Crippen molar-refractivity contribution in [3.05, 3.63) is 132 Å². The quantitative estimate of drug-likeness (QED) is 0.218. The molecule has 1 aliphatic heterocycles. The fourth-order valence-corrected chi connectivity index (χ4v) is 8.63. The van der Waals surface area contributed by atoms with Crippen LogP contribution in [-0.2, 0) is 10.8 Å². The predicted octanol–water partition coefficient (Wildman–Crippen LogP) is 11.1. The van der Waals surface area contributed by atoms with Crippen molar-refractivity contribution in [2.45, 2.75) is 69.7 Å². The smallest absolute Gasteiger partial charge is 0.0517 e. The van der Waals surface area contributed by atoms with Crippen molar-refractivity contribution in [1.29, 1.82) is 0 Å². The average molecular weight is 546 g/mol. The van der Waals surface area contributed by atoms with E-state index in [0.717, 1.165) is 0 Å². The molecule has 1 heteroatoms. The van der Waals surface area contributed by atoms with Crippen molar-refractivity contribution >= 4 is 11.4 Å². The van der Waals surface area contributed by atoms with Crippen LogP contribution in [0.1, 0.15) is 70.1 Å². The Morgan fingerprint density at radius 3 is 1.81 bits per heavy atom. The zero-order valence-corrected chi connectivity index (χ0v) is 25.2. The van der Waals surface area contributed by atoms with Crippen molar-refractivity contribution in [2.75, 3.05) is 4.90 Å². The highest BCUT2D eigenvalue weighted by Crippen LogP contribution is 2.61. The molecule has 5 aromatic rings. The maximum Gasteiger partial charge on any atom is 0.0517 e. The Bertz CT molecular complexity index is 1830. The Hall–Kier alpha value is -4.10. The molecule has 0 radical (unpaired) electrons. The van der Waals surface area contributed by atoms with Crippen LogP contribution in [0.2, 0.25) is 0 Å². The van der Waals surface area contributed by atoms with Gasteiger partial charge < -0.3 is 4.90 Å². The molecule has 42 heavy (non-hydrogen) atoms. The number of hydrogen-bond acceptors (Lipinski definition) is 1. The summed E-state index contributed by atoms with van der Waals surface area (Å²) in [7, 11) is 0. The molecule has 1 nitrogen and oxygen atoms in total. The van der Waals surface area contributed by atoms with Gasteiger partial charge in [0, 0.05) is 22.2 Å². The molecule has 0 bridgehead atoms. The van der Waals surface area contributed by atoms with Crippen molar-refractivity contribution < 1.29 is 0 Å².